The third-order valence-corrected chi connectivity index (χ3v) is 3.99. The maximum Gasteiger partial charge on any atom is 0.274 e. The van der Waals surface area contributed by atoms with Gasteiger partial charge in [-0.15, -0.1) is 0 Å². The second-order valence-electron chi connectivity index (χ2n) is 6.00. The number of rotatable bonds is 6. The third-order valence-electron chi connectivity index (χ3n) is 3.99. The molecule has 0 unspecified atom stereocenters. The van der Waals surface area contributed by atoms with Crippen molar-refractivity contribution in [2.45, 2.75) is 6.42 Å². The Hall–Kier alpha value is -3.61. The number of pyridine rings is 1. The molecule has 0 saturated heterocycles. The van der Waals surface area contributed by atoms with Gasteiger partial charge in [-0.1, -0.05) is 24.3 Å². The van der Waals surface area contributed by atoms with E-state index in [1.54, 1.807) is 18.2 Å². The predicted molar refractivity (Wildman–Crippen MR) is 101 cm³/mol. The minimum atomic E-state index is -0.619. The van der Waals surface area contributed by atoms with Crippen LogP contribution in [0, 0.1) is 11.6 Å². The smallest absolute Gasteiger partial charge is 0.274 e. The quantitative estimate of drug-likeness (QED) is 0.686. The molecule has 0 spiro atoms. The minimum Gasteiger partial charge on any atom is -0.352 e. The number of halogens is 2. The molecular formula is C21H17F2N3O2. The number of hydrogen-bond acceptors (Lipinski definition) is 3. The molecule has 0 bridgehead atoms. The molecule has 142 valence electrons. The van der Waals surface area contributed by atoms with E-state index < -0.39 is 11.7 Å². The van der Waals surface area contributed by atoms with Crippen molar-refractivity contribution in [3.05, 3.63) is 95.3 Å². The number of carbonyl (C=O) groups is 2. The summed E-state index contributed by atoms with van der Waals surface area (Å²) in [6.45, 7) is 0.351. The average Bonchev–Trinajstić information content (AvgIpc) is 2.71. The van der Waals surface area contributed by atoms with Gasteiger partial charge in [0.25, 0.3) is 11.8 Å². The van der Waals surface area contributed by atoms with Crippen molar-refractivity contribution >= 4 is 17.5 Å². The molecule has 0 aliphatic heterocycles. The van der Waals surface area contributed by atoms with E-state index in [2.05, 4.69) is 15.6 Å². The zero-order chi connectivity index (χ0) is 19.9. The lowest BCUT2D eigenvalue weighted by molar-refractivity contribution is 0.0954. The van der Waals surface area contributed by atoms with E-state index in [0.717, 1.165) is 5.56 Å². The number of anilines is 1. The number of para-hydroxylation sites is 1. The van der Waals surface area contributed by atoms with Gasteiger partial charge in [-0.25, -0.2) is 8.78 Å². The van der Waals surface area contributed by atoms with E-state index in [-0.39, 0.29) is 28.7 Å². The van der Waals surface area contributed by atoms with E-state index >= 15 is 0 Å². The van der Waals surface area contributed by atoms with Gasteiger partial charge in [0.15, 0.2) is 0 Å². The van der Waals surface area contributed by atoms with Crippen LogP contribution in [0.2, 0.25) is 0 Å². The molecule has 1 aromatic heterocycles. The van der Waals surface area contributed by atoms with Gasteiger partial charge in [0.05, 0.1) is 5.69 Å². The molecule has 3 aromatic rings. The third kappa shape index (κ3) is 4.97. The first-order chi connectivity index (χ1) is 13.5. The molecule has 3 rings (SSSR count). The van der Waals surface area contributed by atoms with Crippen LogP contribution in [-0.2, 0) is 6.42 Å². The highest BCUT2D eigenvalue weighted by molar-refractivity contribution is 6.04. The summed E-state index contributed by atoms with van der Waals surface area (Å²) in [7, 11) is 0. The van der Waals surface area contributed by atoms with Gasteiger partial charge >= 0.3 is 0 Å². The Morgan fingerprint density at radius 2 is 1.68 bits per heavy atom. The summed E-state index contributed by atoms with van der Waals surface area (Å²) in [6, 6.07) is 14.6. The van der Waals surface area contributed by atoms with Gasteiger partial charge < -0.3 is 10.6 Å². The van der Waals surface area contributed by atoms with Gasteiger partial charge in [0, 0.05) is 18.3 Å². The van der Waals surface area contributed by atoms with Crippen LogP contribution in [0.4, 0.5) is 14.5 Å². The van der Waals surface area contributed by atoms with Crippen LogP contribution < -0.4 is 10.6 Å². The topological polar surface area (TPSA) is 71.1 Å². The normalized spacial score (nSPS) is 10.4. The van der Waals surface area contributed by atoms with Crippen LogP contribution in [0.3, 0.4) is 0 Å². The number of hydrogen-bond donors (Lipinski definition) is 2. The van der Waals surface area contributed by atoms with Gasteiger partial charge in [-0.05, 0) is 48.4 Å². The van der Waals surface area contributed by atoms with Crippen LogP contribution in [0.1, 0.15) is 26.4 Å². The average molecular weight is 381 g/mol. The standard InChI is InChI=1S/C21H17F2N3O2/c22-16-7-5-14(6-8-16)9-11-25-20(27)15-10-12-24-19(13-15)21(28)26-18-4-2-1-3-17(18)23/h1-8,10,12-13H,9,11H2,(H,25,27)(H,26,28). The van der Waals surface area contributed by atoms with Crippen molar-refractivity contribution in [2.75, 3.05) is 11.9 Å². The molecule has 2 N–H and O–H groups in total. The fourth-order valence-electron chi connectivity index (χ4n) is 2.52. The number of aromatic nitrogens is 1. The van der Waals surface area contributed by atoms with Crippen molar-refractivity contribution in [3.8, 4) is 0 Å². The lowest BCUT2D eigenvalue weighted by Crippen LogP contribution is -2.26. The summed E-state index contributed by atoms with van der Waals surface area (Å²) >= 11 is 0. The summed E-state index contributed by atoms with van der Waals surface area (Å²) in [5.41, 5.74) is 1.17. The molecule has 28 heavy (non-hydrogen) atoms. The molecule has 0 aliphatic carbocycles. The number of amides is 2. The number of nitrogens with one attached hydrogen (secondary N) is 2. The van der Waals surface area contributed by atoms with Gasteiger partial charge in [0.2, 0.25) is 0 Å². The molecule has 0 atom stereocenters. The van der Waals surface area contributed by atoms with E-state index in [9.17, 15) is 18.4 Å². The van der Waals surface area contributed by atoms with Gasteiger partial charge in [0.1, 0.15) is 17.3 Å². The van der Waals surface area contributed by atoms with Crippen molar-refractivity contribution in [1.29, 1.82) is 0 Å². The highest BCUT2D eigenvalue weighted by Gasteiger charge is 2.13. The number of carbonyl (C=O) groups excluding carboxylic acids is 2. The monoisotopic (exact) mass is 381 g/mol. The Labute approximate surface area is 160 Å². The molecule has 2 amide bonds. The largest absolute Gasteiger partial charge is 0.352 e. The maximum atomic E-state index is 13.7. The fourth-order valence-corrected chi connectivity index (χ4v) is 2.52. The van der Waals surface area contributed by atoms with Gasteiger partial charge in [-0.2, -0.15) is 0 Å². The summed E-state index contributed by atoms with van der Waals surface area (Å²) in [5.74, 6) is -1.87. The maximum absolute atomic E-state index is 13.7. The Morgan fingerprint density at radius 3 is 2.43 bits per heavy atom. The molecule has 0 aliphatic rings. The van der Waals surface area contributed by atoms with Crippen LogP contribution >= 0.6 is 0 Å². The SMILES string of the molecule is O=C(NCCc1ccc(F)cc1)c1ccnc(C(=O)Nc2ccccc2F)c1. The molecule has 1 heterocycles. The van der Waals surface area contributed by atoms with Crippen molar-refractivity contribution in [3.63, 3.8) is 0 Å². The van der Waals surface area contributed by atoms with Crippen LogP contribution in [0.25, 0.3) is 0 Å². The first-order valence-electron chi connectivity index (χ1n) is 8.57. The fraction of sp³-hybridized carbons (Fsp3) is 0.0952. The lowest BCUT2D eigenvalue weighted by atomic mass is 10.1. The molecule has 5 nitrogen and oxygen atoms in total. The number of benzene rings is 2. The van der Waals surface area contributed by atoms with Crippen molar-refractivity contribution in [1.82, 2.24) is 10.3 Å². The van der Waals surface area contributed by atoms with Crippen molar-refractivity contribution < 1.29 is 18.4 Å². The Balaban J connectivity index is 1.60. The Kier molecular flexibility index (Phi) is 6.06. The van der Waals surface area contributed by atoms with E-state index in [1.165, 1.54) is 48.7 Å². The summed E-state index contributed by atoms with van der Waals surface area (Å²) in [4.78, 5) is 28.5. The number of nitrogens with zero attached hydrogens (tertiary/aromatic N) is 1. The zero-order valence-electron chi connectivity index (χ0n) is 14.8. The Bertz CT molecular complexity index is 991. The zero-order valence-corrected chi connectivity index (χ0v) is 14.8. The van der Waals surface area contributed by atoms with Crippen LogP contribution in [0.5, 0.6) is 0 Å². The molecule has 0 saturated carbocycles. The second kappa shape index (κ2) is 8.85. The molecule has 0 fully saturated rings. The summed E-state index contributed by atoms with van der Waals surface area (Å²) in [6.07, 6.45) is 1.88. The van der Waals surface area contributed by atoms with Crippen molar-refractivity contribution in [2.24, 2.45) is 0 Å². The van der Waals surface area contributed by atoms with Crippen LogP contribution in [0.15, 0.2) is 66.9 Å². The minimum absolute atomic E-state index is 0.00515. The second-order valence-corrected chi connectivity index (χ2v) is 6.00. The van der Waals surface area contributed by atoms with Crippen LogP contribution in [-0.4, -0.2) is 23.3 Å². The van der Waals surface area contributed by atoms with E-state index in [4.69, 9.17) is 0 Å². The Morgan fingerprint density at radius 1 is 0.929 bits per heavy atom. The van der Waals surface area contributed by atoms with Gasteiger partial charge in [-0.3, -0.25) is 14.6 Å². The molecular weight excluding hydrogens is 364 g/mol. The first kappa shape index (κ1) is 19.2. The summed E-state index contributed by atoms with van der Waals surface area (Å²) in [5, 5.41) is 5.16. The highest BCUT2D eigenvalue weighted by Crippen LogP contribution is 2.14. The lowest BCUT2D eigenvalue weighted by Gasteiger charge is -2.08. The molecule has 7 heteroatoms. The van der Waals surface area contributed by atoms with E-state index in [0.29, 0.717) is 13.0 Å². The first-order valence-corrected chi connectivity index (χ1v) is 8.57. The highest BCUT2D eigenvalue weighted by atomic mass is 19.1. The molecule has 0 radical (unpaired) electrons. The summed E-state index contributed by atoms with van der Waals surface area (Å²) < 4.78 is 26.5. The molecule has 2 aromatic carbocycles. The predicted octanol–water partition coefficient (Wildman–Crippen LogP) is 3.58. The van der Waals surface area contributed by atoms with E-state index in [1.807, 2.05) is 0 Å².